The summed E-state index contributed by atoms with van der Waals surface area (Å²) < 4.78 is 13.5. The number of halogens is 2. The summed E-state index contributed by atoms with van der Waals surface area (Å²) in [6.07, 6.45) is 4.34. The first-order chi connectivity index (χ1) is 9.45. The predicted molar refractivity (Wildman–Crippen MR) is 85.0 cm³/mol. The first kappa shape index (κ1) is 15.4. The van der Waals surface area contributed by atoms with Gasteiger partial charge in [0.05, 0.1) is 14.9 Å². The van der Waals surface area contributed by atoms with Crippen molar-refractivity contribution in [3.63, 3.8) is 0 Å². The number of nitrogens with two attached hydrogens (primary N) is 1. The minimum atomic E-state index is -0.769. The van der Waals surface area contributed by atoms with Gasteiger partial charge in [-0.1, -0.05) is 31.5 Å². The Morgan fingerprint density at radius 1 is 1.35 bits per heavy atom. The number of carbonyl (C=O) groups is 1. The predicted octanol–water partition coefficient (Wildman–Crippen LogP) is 3.76. The van der Waals surface area contributed by atoms with E-state index in [0.717, 1.165) is 19.3 Å². The normalized spacial score (nSPS) is 17.5. The van der Waals surface area contributed by atoms with Gasteiger partial charge in [-0.3, -0.25) is 4.79 Å². The number of benzene rings is 1. The van der Waals surface area contributed by atoms with E-state index in [1.165, 1.54) is 18.2 Å². The minimum absolute atomic E-state index is 0.191. The SMILES string of the molecule is NC(=S)C1(C(=O)Nc2ccc(F)c(Br)c2)CCCCC1. The second-order valence-corrected chi connectivity index (χ2v) is 6.38. The molecule has 0 atom stereocenters. The molecule has 3 nitrogen and oxygen atoms in total. The van der Waals surface area contributed by atoms with Gasteiger partial charge in [-0.05, 0) is 47.0 Å². The summed E-state index contributed by atoms with van der Waals surface area (Å²) in [5.74, 6) is -0.562. The van der Waals surface area contributed by atoms with Gasteiger partial charge in [-0.15, -0.1) is 0 Å². The maximum absolute atomic E-state index is 13.2. The average Bonchev–Trinajstić information content (AvgIpc) is 2.43. The van der Waals surface area contributed by atoms with E-state index in [1.54, 1.807) is 0 Å². The van der Waals surface area contributed by atoms with E-state index in [1.807, 2.05) is 0 Å². The molecule has 108 valence electrons. The molecule has 1 aliphatic carbocycles. The fourth-order valence-corrected chi connectivity index (χ4v) is 3.24. The Hall–Kier alpha value is -1.01. The summed E-state index contributed by atoms with van der Waals surface area (Å²) in [5.41, 5.74) is 5.57. The lowest BCUT2D eigenvalue weighted by Gasteiger charge is -2.34. The van der Waals surface area contributed by atoms with Crippen molar-refractivity contribution in [3.05, 3.63) is 28.5 Å². The molecule has 0 radical (unpaired) electrons. The highest BCUT2D eigenvalue weighted by molar-refractivity contribution is 9.10. The molecule has 2 rings (SSSR count). The number of hydrogen-bond acceptors (Lipinski definition) is 2. The van der Waals surface area contributed by atoms with E-state index in [4.69, 9.17) is 18.0 Å². The second kappa shape index (κ2) is 6.18. The molecular weight excluding hydrogens is 343 g/mol. The van der Waals surface area contributed by atoms with Crippen LogP contribution < -0.4 is 11.1 Å². The van der Waals surface area contributed by atoms with Gasteiger partial charge in [0.2, 0.25) is 5.91 Å². The van der Waals surface area contributed by atoms with Crippen molar-refractivity contribution in [2.24, 2.45) is 11.1 Å². The molecule has 1 amide bonds. The largest absolute Gasteiger partial charge is 0.392 e. The zero-order chi connectivity index (χ0) is 14.8. The third-order valence-corrected chi connectivity index (χ3v) is 4.79. The molecule has 0 aliphatic heterocycles. The number of amides is 1. The van der Waals surface area contributed by atoms with Gasteiger partial charge in [0.1, 0.15) is 5.82 Å². The van der Waals surface area contributed by atoms with E-state index >= 15 is 0 Å². The topological polar surface area (TPSA) is 55.1 Å². The van der Waals surface area contributed by atoms with Crippen LogP contribution in [0.25, 0.3) is 0 Å². The summed E-state index contributed by atoms with van der Waals surface area (Å²) in [6.45, 7) is 0. The van der Waals surface area contributed by atoms with E-state index in [9.17, 15) is 9.18 Å². The van der Waals surface area contributed by atoms with Gasteiger partial charge >= 0.3 is 0 Å². The molecule has 1 fully saturated rings. The van der Waals surface area contributed by atoms with Crippen molar-refractivity contribution in [2.45, 2.75) is 32.1 Å². The van der Waals surface area contributed by atoms with Crippen LogP contribution in [0.3, 0.4) is 0 Å². The summed E-state index contributed by atoms with van der Waals surface area (Å²) in [7, 11) is 0. The molecule has 0 aromatic heterocycles. The summed E-state index contributed by atoms with van der Waals surface area (Å²) in [5, 5.41) is 2.80. The Bertz CT molecular complexity index is 544. The summed E-state index contributed by atoms with van der Waals surface area (Å²) in [4.78, 5) is 12.8. The van der Waals surface area contributed by atoms with Crippen LogP contribution in [0.2, 0.25) is 0 Å². The van der Waals surface area contributed by atoms with Crippen LogP contribution in [0, 0.1) is 11.2 Å². The highest BCUT2D eigenvalue weighted by Gasteiger charge is 2.42. The molecule has 20 heavy (non-hydrogen) atoms. The van der Waals surface area contributed by atoms with Crippen LogP contribution in [-0.2, 0) is 4.79 Å². The van der Waals surface area contributed by atoms with E-state index in [2.05, 4.69) is 21.2 Å². The number of nitrogens with one attached hydrogen (secondary N) is 1. The molecule has 0 unspecified atom stereocenters. The highest BCUT2D eigenvalue weighted by atomic mass is 79.9. The molecule has 3 N–H and O–H groups in total. The Labute approximate surface area is 131 Å². The molecular formula is C14H16BrFN2OS. The van der Waals surface area contributed by atoms with Gasteiger partial charge in [0.25, 0.3) is 0 Å². The monoisotopic (exact) mass is 358 g/mol. The van der Waals surface area contributed by atoms with Gasteiger partial charge in [0, 0.05) is 5.69 Å². The zero-order valence-electron chi connectivity index (χ0n) is 10.9. The smallest absolute Gasteiger partial charge is 0.237 e. The van der Waals surface area contributed by atoms with Gasteiger partial charge < -0.3 is 11.1 Å². The number of rotatable bonds is 3. The summed E-state index contributed by atoms with van der Waals surface area (Å²) in [6, 6.07) is 4.35. The lowest BCUT2D eigenvalue weighted by atomic mass is 9.73. The first-order valence-corrected chi connectivity index (χ1v) is 7.72. The van der Waals surface area contributed by atoms with Crippen molar-refractivity contribution in [1.82, 2.24) is 0 Å². The molecule has 1 saturated carbocycles. The molecule has 1 aromatic rings. The summed E-state index contributed by atoms with van der Waals surface area (Å²) >= 11 is 8.21. The molecule has 0 saturated heterocycles. The third-order valence-electron chi connectivity index (χ3n) is 3.79. The van der Waals surface area contributed by atoms with Crippen molar-refractivity contribution in [3.8, 4) is 0 Å². The quantitative estimate of drug-likeness (QED) is 0.808. The molecule has 1 aliphatic rings. The Morgan fingerprint density at radius 2 is 2.00 bits per heavy atom. The maximum atomic E-state index is 13.2. The highest BCUT2D eigenvalue weighted by Crippen LogP contribution is 2.38. The van der Waals surface area contributed by atoms with Crippen LogP contribution in [0.1, 0.15) is 32.1 Å². The van der Waals surface area contributed by atoms with Crippen molar-refractivity contribution < 1.29 is 9.18 Å². The lowest BCUT2D eigenvalue weighted by molar-refractivity contribution is -0.123. The van der Waals surface area contributed by atoms with Crippen molar-refractivity contribution >= 4 is 44.7 Å². The van der Waals surface area contributed by atoms with Crippen molar-refractivity contribution in [2.75, 3.05) is 5.32 Å². The van der Waals surface area contributed by atoms with Crippen LogP contribution in [0.15, 0.2) is 22.7 Å². The fourth-order valence-electron chi connectivity index (χ4n) is 2.57. The first-order valence-electron chi connectivity index (χ1n) is 6.52. The van der Waals surface area contributed by atoms with Crippen LogP contribution in [-0.4, -0.2) is 10.9 Å². The lowest BCUT2D eigenvalue weighted by Crippen LogP contribution is -2.47. The second-order valence-electron chi connectivity index (χ2n) is 5.09. The average molecular weight is 359 g/mol. The molecule has 6 heteroatoms. The number of carbonyl (C=O) groups excluding carboxylic acids is 1. The number of thiocarbonyl (C=S) groups is 1. The van der Waals surface area contributed by atoms with Crippen LogP contribution in [0.4, 0.5) is 10.1 Å². The minimum Gasteiger partial charge on any atom is -0.392 e. The van der Waals surface area contributed by atoms with E-state index in [0.29, 0.717) is 23.0 Å². The van der Waals surface area contributed by atoms with Crippen molar-refractivity contribution in [1.29, 1.82) is 0 Å². The Morgan fingerprint density at radius 3 is 2.55 bits per heavy atom. The van der Waals surface area contributed by atoms with Gasteiger partial charge in [-0.25, -0.2) is 4.39 Å². The molecule has 1 aromatic carbocycles. The van der Waals surface area contributed by atoms with Gasteiger partial charge in [-0.2, -0.15) is 0 Å². The van der Waals surface area contributed by atoms with Crippen LogP contribution >= 0.6 is 28.1 Å². The third kappa shape index (κ3) is 3.01. The van der Waals surface area contributed by atoms with E-state index in [-0.39, 0.29) is 16.7 Å². The number of hydrogen-bond donors (Lipinski definition) is 2. The Balaban J connectivity index is 2.20. The zero-order valence-corrected chi connectivity index (χ0v) is 13.3. The van der Waals surface area contributed by atoms with E-state index < -0.39 is 5.41 Å². The van der Waals surface area contributed by atoms with Crippen LogP contribution in [0.5, 0.6) is 0 Å². The Kier molecular flexibility index (Phi) is 4.75. The maximum Gasteiger partial charge on any atom is 0.237 e. The number of anilines is 1. The molecule has 0 heterocycles. The molecule has 0 bridgehead atoms. The van der Waals surface area contributed by atoms with Gasteiger partial charge in [0.15, 0.2) is 0 Å². The fraction of sp³-hybridized carbons (Fsp3) is 0.429. The molecule has 0 spiro atoms. The standard InChI is InChI=1S/C14H16BrFN2OS/c15-10-8-9(4-5-11(10)16)18-13(19)14(12(17)20)6-2-1-3-7-14/h4-5,8H,1-3,6-7H2,(H2,17,20)(H,18,19).